The maximum atomic E-state index is 5.98. The van der Waals surface area contributed by atoms with Crippen LogP contribution in [0.5, 0.6) is 0 Å². The summed E-state index contributed by atoms with van der Waals surface area (Å²) in [7, 11) is 0. The van der Waals surface area contributed by atoms with Gasteiger partial charge in [-0.25, -0.2) is 4.98 Å². The predicted molar refractivity (Wildman–Crippen MR) is 82.2 cm³/mol. The fourth-order valence-corrected chi connectivity index (χ4v) is 4.04. The number of anilines is 1. The molecule has 0 amide bonds. The molecule has 0 radical (unpaired) electrons. The monoisotopic (exact) mass is 294 g/mol. The number of hydrogen-bond acceptors (Lipinski definition) is 3. The maximum absolute atomic E-state index is 5.98. The number of nitrogens with one attached hydrogen (secondary N) is 1. The molecule has 1 heterocycles. The van der Waals surface area contributed by atoms with Gasteiger partial charge in [0, 0.05) is 18.1 Å². The summed E-state index contributed by atoms with van der Waals surface area (Å²) in [6.45, 7) is 2.92. The molecule has 20 heavy (non-hydrogen) atoms. The highest BCUT2D eigenvalue weighted by Gasteiger charge is 2.55. The molecule has 0 aromatic carbocycles. The first-order valence-electron chi connectivity index (χ1n) is 7.74. The highest BCUT2D eigenvalue weighted by molar-refractivity contribution is 6.29. The average molecular weight is 295 g/mol. The van der Waals surface area contributed by atoms with Crippen LogP contribution < -0.4 is 5.32 Å². The van der Waals surface area contributed by atoms with Crippen molar-refractivity contribution in [2.45, 2.75) is 57.6 Å². The third-order valence-electron chi connectivity index (χ3n) is 5.01. The van der Waals surface area contributed by atoms with Crippen LogP contribution in [0.15, 0.2) is 18.3 Å². The zero-order valence-electron chi connectivity index (χ0n) is 12.1. The van der Waals surface area contributed by atoms with E-state index in [-0.39, 0.29) is 0 Å². The van der Waals surface area contributed by atoms with Gasteiger partial charge in [-0.3, -0.25) is 0 Å². The fourth-order valence-electron chi connectivity index (χ4n) is 3.93. The standard InChI is InChI=1S/C16H23ClN2O/c1-2-20-14-10-13(16(14)8-4-3-5-9-16)19-12-6-7-15(17)18-11-12/h6-7,11,13-14,19H,2-5,8-10H2,1H3. The first-order valence-corrected chi connectivity index (χ1v) is 8.12. The molecule has 2 fully saturated rings. The molecular formula is C16H23ClN2O. The van der Waals surface area contributed by atoms with E-state index in [9.17, 15) is 0 Å². The van der Waals surface area contributed by atoms with Crippen molar-refractivity contribution in [2.75, 3.05) is 11.9 Å². The number of hydrogen-bond donors (Lipinski definition) is 1. The van der Waals surface area contributed by atoms with Crippen LogP contribution in [0.3, 0.4) is 0 Å². The van der Waals surface area contributed by atoms with Crippen LogP contribution in [-0.4, -0.2) is 23.7 Å². The van der Waals surface area contributed by atoms with Crippen LogP contribution in [-0.2, 0) is 4.74 Å². The average Bonchev–Trinajstić information content (AvgIpc) is 2.49. The largest absolute Gasteiger partial charge is 0.380 e. The number of ether oxygens (including phenoxy) is 1. The highest BCUT2D eigenvalue weighted by atomic mass is 35.5. The molecule has 4 heteroatoms. The Bertz CT molecular complexity index is 442. The minimum Gasteiger partial charge on any atom is -0.380 e. The van der Waals surface area contributed by atoms with Crippen LogP contribution in [0, 0.1) is 5.41 Å². The molecule has 1 N–H and O–H groups in total. The van der Waals surface area contributed by atoms with Gasteiger partial charge in [0.1, 0.15) is 5.15 Å². The molecule has 3 nitrogen and oxygen atoms in total. The lowest BCUT2D eigenvalue weighted by molar-refractivity contribution is -0.134. The van der Waals surface area contributed by atoms with Crippen molar-refractivity contribution < 1.29 is 4.74 Å². The Morgan fingerprint density at radius 3 is 2.80 bits per heavy atom. The summed E-state index contributed by atoms with van der Waals surface area (Å²) >= 11 is 5.84. The summed E-state index contributed by atoms with van der Waals surface area (Å²) in [6.07, 6.45) is 9.98. The molecule has 2 atom stereocenters. The molecule has 2 aliphatic carbocycles. The Kier molecular flexibility index (Phi) is 4.18. The van der Waals surface area contributed by atoms with Crippen molar-refractivity contribution in [2.24, 2.45) is 5.41 Å². The van der Waals surface area contributed by atoms with E-state index in [1.807, 2.05) is 18.3 Å². The topological polar surface area (TPSA) is 34.1 Å². The third-order valence-corrected chi connectivity index (χ3v) is 5.23. The van der Waals surface area contributed by atoms with E-state index in [1.165, 1.54) is 32.1 Å². The number of nitrogens with zero attached hydrogens (tertiary/aromatic N) is 1. The van der Waals surface area contributed by atoms with Crippen molar-refractivity contribution in [3.05, 3.63) is 23.5 Å². The zero-order chi connectivity index (χ0) is 14.0. The molecule has 0 aliphatic heterocycles. The normalized spacial score (nSPS) is 28.1. The molecule has 1 aromatic rings. The van der Waals surface area contributed by atoms with Crippen LogP contribution in [0.1, 0.15) is 45.4 Å². The van der Waals surface area contributed by atoms with E-state index in [1.54, 1.807) is 0 Å². The summed E-state index contributed by atoms with van der Waals surface area (Å²) in [5.41, 5.74) is 1.41. The third kappa shape index (κ3) is 2.53. The van der Waals surface area contributed by atoms with Crippen molar-refractivity contribution in [3.63, 3.8) is 0 Å². The fraction of sp³-hybridized carbons (Fsp3) is 0.688. The van der Waals surface area contributed by atoms with Gasteiger partial charge in [0.25, 0.3) is 0 Å². The number of halogens is 1. The van der Waals surface area contributed by atoms with Crippen LogP contribution in [0.2, 0.25) is 5.15 Å². The van der Waals surface area contributed by atoms with Crippen molar-refractivity contribution in [3.8, 4) is 0 Å². The molecule has 0 saturated heterocycles. The Hall–Kier alpha value is -0.800. The van der Waals surface area contributed by atoms with Crippen molar-refractivity contribution >= 4 is 17.3 Å². The SMILES string of the molecule is CCOC1CC(Nc2ccc(Cl)nc2)C12CCCCC2. The van der Waals surface area contributed by atoms with E-state index < -0.39 is 0 Å². The first-order chi connectivity index (χ1) is 9.74. The molecular weight excluding hydrogens is 272 g/mol. The maximum Gasteiger partial charge on any atom is 0.129 e. The minimum absolute atomic E-state index is 0.341. The Balaban J connectivity index is 1.71. The number of aromatic nitrogens is 1. The summed E-state index contributed by atoms with van der Waals surface area (Å²) in [5.74, 6) is 0. The molecule has 3 rings (SSSR count). The van der Waals surface area contributed by atoms with Crippen LogP contribution >= 0.6 is 11.6 Å². The van der Waals surface area contributed by atoms with Gasteiger partial charge in [0.15, 0.2) is 0 Å². The van der Waals surface area contributed by atoms with Gasteiger partial charge >= 0.3 is 0 Å². The molecule has 1 spiro atoms. The summed E-state index contributed by atoms with van der Waals surface area (Å²) in [5, 5.41) is 4.20. The minimum atomic E-state index is 0.341. The zero-order valence-corrected chi connectivity index (χ0v) is 12.8. The second-order valence-corrected chi connectivity index (χ2v) is 6.43. The lowest BCUT2D eigenvalue weighted by atomic mass is 9.55. The van der Waals surface area contributed by atoms with E-state index in [0.29, 0.717) is 22.7 Å². The molecule has 2 aliphatic rings. The van der Waals surface area contributed by atoms with Gasteiger partial charge in [0.2, 0.25) is 0 Å². The van der Waals surface area contributed by atoms with Gasteiger partial charge < -0.3 is 10.1 Å². The molecule has 0 bridgehead atoms. The molecule has 110 valence electrons. The summed E-state index contributed by atoms with van der Waals surface area (Å²) in [6, 6.07) is 4.37. The molecule has 2 saturated carbocycles. The number of rotatable bonds is 4. The molecule has 1 aromatic heterocycles. The van der Waals surface area contributed by atoms with Crippen LogP contribution in [0.4, 0.5) is 5.69 Å². The van der Waals surface area contributed by atoms with Gasteiger partial charge in [-0.1, -0.05) is 30.9 Å². The summed E-state index contributed by atoms with van der Waals surface area (Å²) < 4.78 is 5.98. The van der Waals surface area contributed by atoms with Gasteiger partial charge in [-0.05, 0) is 38.3 Å². The van der Waals surface area contributed by atoms with Gasteiger partial charge in [-0.2, -0.15) is 0 Å². The lowest BCUT2D eigenvalue weighted by Gasteiger charge is -2.58. The van der Waals surface area contributed by atoms with Gasteiger partial charge in [0.05, 0.1) is 18.0 Å². The Morgan fingerprint density at radius 1 is 1.35 bits per heavy atom. The predicted octanol–water partition coefficient (Wildman–Crippen LogP) is 4.27. The van der Waals surface area contributed by atoms with E-state index >= 15 is 0 Å². The van der Waals surface area contributed by atoms with E-state index in [2.05, 4.69) is 17.2 Å². The van der Waals surface area contributed by atoms with Crippen molar-refractivity contribution in [1.82, 2.24) is 4.98 Å². The van der Waals surface area contributed by atoms with Gasteiger partial charge in [-0.15, -0.1) is 0 Å². The Labute approximate surface area is 126 Å². The second kappa shape index (κ2) is 5.90. The van der Waals surface area contributed by atoms with E-state index in [4.69, 9.17) is 16.3 Å². The summed E-state index contributed by atoms with van der Waals surface area (Å²) in [4.78, 5) is 4.15. The lowest BCUT2D eigenvalue weighted by Crippen LogP contribution is -2.62. The molecule has 2 unspecified atom stereocenters. The quantitative estimate of drug-likeness (QED) is 0.842. The van der Waals surface area contributed by atoms with E-state index in [0.717, 1.165) is 18.7 Å². The Morgan fingerprint density at radius 2 is 2.15 bits per heavy atom. The second-order valence-electron chi connectivity index (χ2n) is 6.04. The highest BCUT2D eigenvalue weighted by Crippen LogP contribution is 2.54. The number of pyridine rings is 1. The first kappa shape index (κ1) is 14.2. The smallest absolute Gasteiger partial charge is 0.129 e. The van der Waals surface area contributed by atoms with Crippen LogP contribution in [0.25, 0.3) is 0 Å². The van der Waals surface area contributed by atoms with Crippen molar-refractivity contribution in [1.29, 1.82) is 0 Å².